The van der Waals surface area contributed by atoms with Crippen LogP contribution in [-0.2, 0) is 14.8 Å². The van der Waals surface area contributed by atoms with Crippen LogP contribution in [0.2, 0.25) is 0 Å². The summed E-state index contributed by atoms with van der Waals surface area (Å²) in [5.41, 5.74) is 1.69. The summed E-state index contributed by atoms with van der Waals surface area (Å²) in [6.07, 6.45) is 0.954. The Kier molecular flexibility index (Phi) is 4.68. The van der Waals surface area contributed by atoms with Gasteiger partial charge in [-0.15, -0.1) is 0 Å². The summed E-state index contributed by atoms with van der Waals surface area (Å²) in [4.78, 5) is 5.02. The van der Waals surface area contributed by atoms with Crippen LogP contribution in [-0.4, -0.2) is 37.2 Å². The zero-order chi connectivity index (χ0) is 17.5. The van der Waals surface area contributed by atoms with E-state index in [1.165, 1.54) is 0 Å². The molecule has 1 fully saturated rings. The predicted octanol–water partition coefficient (Wildman–Crippen LogP) is 2.81. The summed E-state index contributed by atoms with van der Waals surface area (Å²) in [7, 11) is -3.52. The predicted molar refractivity (Wildman–Crippen MR) is 93.8 cm³/mol. The maximum atomic E-state index is 12.4. The van der Waals surface area contributed by atoms with Gasteiger partial charge in [-0.05, 0) is 52.3 Å². The molecule has 1 aliphatic rings. The minimum absolute atomic E-state index is 0.148. The minimum Gasteiger partial charge on any atom is -0.381 e. The molecule has 7 heteroatoms. The van der Waals surface area contributed by atoms with Gasteiger partial charge in [-0.1, -0.05) is 0 Å². The van der Waals surface area contributed by atoms with E-state index in [1.807, 2.05) is 19.9 Å². The molecular weight excluding hydrogens is 326 g/mol. The topological polar surface area (TPSA) is 73.2 Å². The van der Waals surface area contributed by atoms with E-state index in [1.54, 1.807) is 12.1 Å². The second kappa shape index (κ2) is 6.46. The average Bonchev–Trinajstić information content (AvgIpc) is 3.12. The Labute approximate surface area is 143 Å². The molecule has 0 amide bonds. The van der Waals surface area contributed by atoms with Crippen LogP contribution in [0.5, 0.6) is 0 Å². The number of benzene rings is 1. The van der Waals surface area contributed by atoms with Crippen molar-refractivity contribution >= 4 is 21.1 Å². The van der Waals surface area contributed by atoms with Crippen LogP contribution in [0.25, 0.3) is 11.0 Å². The molecule has 0 saturated carbocycles. The highest BCUT2D eigenvalue weighted by Gasteiger charge is 2.26. The van der Waals surface area contributed by atoms with Crippen LogP contribution >= 0.6 is 0 Å². The standard InChI is InChI=1S/C17H25N3O3S/c1-11(2)19-24(21,22)14-5-6-16-15(9-14)18-17(20(16)12(3)4)13-7-8-23-10-13/h5-6,9,11-13,19H,7-8,10H2,1-4H3/t13-/m0/s1. The molecule has 6 nitrogen and oxygen atoms in total. The quantitative estimate of drug-likeness (QED) is 0.899. The lowest BCUT2D eigenvalue weighted by Crippen LogP contribution is -2.30. The molecule has 1 N–H and O–H groups in total. The molecule has 1 atom stereocenters. The van der Waals surface area contributed by atoms with E-state index in [0.29, 0.717) is 6.61 Å². The number of nitrogens with one attached hydrogen (secondary N) is 1. The van der Waals surface area contributed by atoms with Crippen molar-refractivity contribution in [3.8, 4) is 0 Å². The van der Waals surface area contributed by atoms with Crippen LogP contribution in [0.4, 0.5) is 0 Å². The Hall–Kier alpha value is -1.44. The summed E-state index contributed by atoms with van der Waals surface area (Å²) >= 11 is 0. The molecule has 0 spiro atoms. The monoisotopic (exact) mass is 351 g/mol. The Balaban J connectivity index is 2.10. The van der Waals surface area contributed by atoms with Crippen molar-refractivity contribution in [3.05, 3.63) is 24.0 Å². The molecule has 0 radical (unpaired) electrons. The molecule has 2 heterocycles. The van der Waals surface area contributed by atoms with Gasteiger partial charge < -0.3 is 9.30 Å². The highest BCUT2D eigenvalue weighted by Crippen LogP contribution is 2.31. The third kappa shape index (κ3) is 3.20. The zero-order valence-corrected chi connectivity index (χ0v) is 15.4. The van der Waals surface area contributed by atoms with Crippen LogP contribution in [0.3, 0.4) is 0 Å². The first-order valence-electron chi connectivity index (χ1n) is 8.41. The summed E-state index contributed by atoms with van der Waals surface area (Å²) in [5, 5.41) is 0. The van der Waals surface area contributed by atoms with Gasteiger partial charge in [0.15, 0.2) is 0 Å². The average molecular weight is 351 g/mol. The normalized spacial score (nSPS) is 19.0. The van der Waals surface area contributed by atoms with Crippen LogP contribution in [0.1, 0.15) is 51.9 Å². The number of aromatic nitrogens is 2. The number of sulfonamides is 1. The van der Waals surface area contributed by atoms with Crippen LogP contribution < -0.4 is 4.72 Å². The van der Waals surface area contributed by atoms with Crippen LogP contribution in [0, 0.1) is 0 Å². The van der Waals surface area contributed by atoms with Gasteiger partial charge in [0, 0.05) is 24.6 Å². The number of imidazole rings is 1. The van der Waals surface area contributed by atoms with Crippen molar-refractivity contribution in [3.63, 3.8) is 0 Å². The first-order chi connectivity index (χ1) is 11.3. The number of hydrogen-bond acceptors (Lipinski definition) is 4. The molecule has 1 saturated heterocycles. The molecule has 1 aromatic heterocycles. The third-order valence-electron chi connectivity index (χ3n) is 4.20. The fourth-order valence-electron chi connectivity index (χ4n) is 3.21. The summed E-state index contributed by atoms with van der Waals surface area (Å²) < 4.78 is 35.1. The molecule has 3 rings (SSSR count). The maximum Gasteiger partial charge on any atom is 0.240 e. The number of ether oxygens (including phenoxy) is 1. The van der Waals surface area contributed by atoms with E-state index in [9.17, 15) is 8.42 Å². The number of nitrogens with zero attached hydrogens (tertiary/aromatic N) is 2. The van der Waals surface area contributed by atoms with E-state index in [2.05, 4.69) is 23.1 Å². The highest BCUT2D eigenvalue weighted by molar-refractivity contribution is 7.89. The Morgan fingerprint density at radius 2 is 2.04 bits per heavy atom. The van der Waals surface area contributed by atoms with Gasteiger partial charge >= 0.3 is 0 Å². The van der Waals surface area contributed by atoms with Crippen molar-refractivity contribution in [1.82, 2.24) is 14.3 Å². The summed E-state index contributed by atoms with van der Waals surface area (Å²) in [5.74, 6) is 1.26. The molecule has 0 unspecified atom stereocenters. The lowest BCUT2D eigenvalue weighted by molar-refractivity contribution is 0.192. The number of hydrogen-bond donors (Lipinski definition) is 1. The molecule has 132 valence electrons. The van der Waals surface area contributed by atoms with Gasteiger partial charge in [0.2, 0.25) is 10.0 Å². The van der Waals surface area contributed by atoms with Gasteiger partial charge in [0.05, 0.1) is 22.5 Å². The number of rotatable bonds is 5. The highest BCUT2D eigenvalue weighted by atomic mass is 32.2. The molecule has 0 aliphatic carbocycles. The largest absolute Gasteiger partial charge is 0.381 e. The Bertz CT molecular complexity index is 834. The molecular formula is C17H25N3O3S. The van der Waals surface area contributed by atoms with Crippen molar-refractivity contribution in [1.29, 1.82) is 0 Å². The van der Waals surface area contributed by atoms with Gasteiger partial charge in [-0.25, -0.2) is 18.1 Å². The number of fused-ring (bicyclic) bond motifs is 1. The van der Waals surface area contributed by atoms with Crippen molar-refractivity contribution in [2.75, 3.05) is 13.2 Å². The minimum atomic E-state index is -3.52. The van der Waals surface area contributed by atoms with Crippen molar-refractivity contribution in [2.45, 2.75) is 57.0 Å². The van der Waals surface area contributed by atoms with Crippen molar-refractivity contribution < 1.29 is 13.2 Å². The van der Waals surface area contributed by atoms with Gasteiger partial charge in [0.25, 0.3) is 0 Å². The lowest BCUT2D eigenvalue weighted by atomic mass is 10.1. The van der Waals surface area contributed by atoms with Gasteiger partial charge in [-0.3, -0.25) is 0 Å². The third-order valence-corrected chi connectivity index (χ3v) is 5.86. The molecule has 2 aromatic rings. The van der Waals surface area contributed by atoms with Gasteiger partial charge in [0.1, 0.15) is 5.82 Å². The second-order valence-electron chi connectivity index (χ2n) is 6.92. The fourth-order valence-corrected chi connectivity index (χ4v) is 4.48. The first kappa shape index (κ1) is 17.4. The molecule has 1 aromatic carbocycles. The van der Waals surface area contributed by atoms with E-state index < -0.39 is 10.0 Å². The zero-order valence-electron chi connectivity index (χ0n) is 14.6. The summed E-state index contributed by atoms with van der Waals surface area (Å²) in [6, 6.07) is 5.28. The fraction of sp³-hybridized carbons (Fsp3) is 0.588. The summed E-state index contributed by atoms with van der Waals surface area (Å²) in [6.45, 7) is 9.28. The lowest BCUT2D eigenvalue weighted by Gasteiger charge is -2.16. The molecule has 1 aliphatic heterocycles. The van der Waals surface area contributed by atoms with Crippen LogP contribution in [0.15, 0.2) is 23.1 Å². The Morgan fingerprint density at radius 3 is 2.62 bits per heavy atom. The van der Waals surface area contributed by atoms with E-state index >= 15 is 0 Å². The van der Waals surface area contributed by atoms with E-state index in [4.69, 9.17) is 9.72 Å². The van der Waals surface area contributed by atoms with Crippen molar-refractivity contribution in [2.24, 2.45) is 0 Å². The second-order valence-corrected chi connectivity index (χ2v) is 8.63. The van der Waals surface area contributed by atoms with Gasteiger partial charge in [-0.2, -0.15) is 0 Å². The molecule has 0 bridgehead atoms. The molecule has 24 heavy (non-hydrogen) atoms. The van der Waals surface area contributed by atoms with E-state index in [0.717, 1.165) is 29.9 Å². The first-order valence-corrected chi connectivity index (χ1v) is 9.90. The maximum absolute atomic E-state index is 12.4. The SMILES string of the molecule is CC(C)NS(=O)(=O)c1ccc2c(c1)nc([C@H]1CCOC1)n2C(C)C. The Morgan fingerprint density at radius 1 is 1.29 bits per heavy atom. The van der Waals surface area contributed by atoms with E-state index in [-0.39, 0.29) is 22.9 Å². The smallest absolute Gasteiger partial charge is 0.240 e.